The van der Waals surface area contributed by atoms with Crippen LogP contribution in [0, 0.1) is 28.9 Å². The van der Waals surface area contributed by atoms with Crippen LogP contribution in [0.1, 0.15) is 24.8 Å². The predicted molar refractivity (Wildman–Crippen MR) is 170 cm³/mol. The Morgan fingerprint density at radius 2 is 2.07 bits per heavy atom. The van der Waals surface area contributed by atoms with Gasteiger partial charge < -0.3 is 35.4 Å². The first kappa shape index (κ1) is 30.1. The summed E-state index contributed by atoms with van der Waals surface area (Å²) in [5.41, 5.74) is 6.10. The van der Waals surface area contributed by atoms with E-state index in [4.69, 9.17) is 31.8 Å². The fourth-order valence-electron chi connectivity index (χ4n) is 6.47. The standard InChI is InChI=1S/C31H32ClF2N7O3S/c1-40-7-2-3-16(40)14-43-31-38-26-23-27(44-17(13-42)6-8-41(30(23)39-31)12-15-10-37-11-15)24(32)22(25(26)34)18-4-5-20(33)28-21(18)19(9-35)29(36)45-28/h4-5,15-17,37,42H,2-3,6-8,10-14,36H2,1H3/t16-,17?/m0/s1. The second-order valence-corrected chi connectivity index (χ2v) is 13.3. The van der Waals surface area contributed by atoms with Crippen LogP contribution >= 0.6 is 22.9 Å². The average molecular weight is 656 g/mol. The number of aromatic nitrogens is 2. The first-order chi connectivity index (χ1) is 21.8. The highest BCUT2D eigenvalue weighted by molar-refractivity contribution is 7.23. The number of likely N-dealkylation sites (N-methyl/N-ethyl adjacent to an activating group) is 1. The van der Waals surface area contributed by atoms with E-state index in [2.05, 4.69) is 20.1 Å². The number of nitrogens with zero attached hydrogens (tertiary/aromatic N) is 5. The van der Waals surface area contributed by atoms with Crippen molar-refractivity contribution in [2.24, 2.45) is 5.92 Å². The number of thiophene rings is 1. The number of nitriles is 1. The largest absolute Gasteiger partial charge is 0.486 e. The molecule has 0 saturated carbocycles. The van der Waals surface area contributed by atoms with Gasteiger partial charge in [0.2, 0.25) is 0 Å². The van der Waals surface area contributed by atoms with Crippen LogP contribution in [0.2, 0.25) is 5.02 Å². The summed E-state index contributed by atoms with van der Waals surface area (Å²) in [7, 11) is 2.04. The maximum absolute atomic E-state index is 17.1. The van der Waals surface area contributed by atoms with Gasteiger partial charge in [-0.3, -0.25) is 0 Å². The molecule has 0 aliphatic carbocycles. The number of aliphatic hydroxyl groups excluding tert-OH is 1. The molecule has 0 bridgehead atoms. The quantitative estimate of drug-likeness (QED) is 0.261. The molecule has 45 heavy (non-hydrogen) atoms. The van der Waals surface area contributed by atoms with E-state index in [-0.39, 0.29) is 72.1 Å². The Bertz CT molecular complexity index is 1850. The van der Waals surface area contributed by atoms with Gasteiger partial charge in [-0.05, 0) is 38.1 Å². The number of hydrogen-bond donors (Lipinski definition) is 3. The van der Waals surface area contributed by atoms with Crippen LogP contribution in [0.25, 0.3) is 32.1 Å². The van der Waals surface area contributed by atoms with Crippen molar-refractivity contribution in [3.63, 3.8) is 0 Å². The molecule has 2 aromatic carbocycles. The summed E-state index contributed by atoms with van der Waals surface area (Å²) >= 11 is 7.96. The fraction of sp³-hybridized carbons (Fsp3) is 0.452. The highest BCUT2D eigenvalue weighted by Gasteiger charge is 2.34. The Morgan fingerprint density at radius 3 is 2.76 bits per heavy atom. The molecule has 1 unspecified atom stereocenters. The zero-order valence-electron chi connectivity index (χ0n) is 24.6. The molecule has 5 heterocycles. The third-order valence-electron chi connectivity index (χ3n) is 9.07. The van der Waals surface area contributed by atoms with Crippen LogP contribution in [-0.4, -0.2) is 85.1 Å². The SMILES string of the molecule is CN1CCC[C@H]1COc1nc2c3c(c(Cl)c(-c4ccc(F)c5sc(N)c(C#N)c45)c(F)c3n1)OC(CO)CCN2CC1CNC1. The van der Waals surface area contributed by atoms with Crippen LogP contribution in [0.3, 0.4) is 0 Å². The van der Waals surface area contributed by atoms with Crippen molar-refractivity contribution in [3.05, 3.63) is 34.4 Å². The van der Waals surface area contributed by atoms with Gasteiger partial charge in [-0.2, -0.15) is 15.2 Å². The summed E-state index contributed by atoms with van der Waals surface area (Å²) in [4.78, 5) is 13.7. The first-order valence-corrected chi connectivity index (χ1v) is 16.2. The summed E-state index contributed by atoms with van der Waals surface area (Å²) in [5.74, 6) is -0.490. The topological polar surface area (TPSA) is 133 Å². The van der Waals surface area contributed by atoms with Gasteiger partial charge in [-0.25, -0.2) is 8.78 Å². The van der Waals surface area contributed by atoms with Crippen molar-refractivity contribution in [1.82, 2.24) is 20.2 Å². The van der Waals surface area contributed by atoms with Gasteiger partial charge in [-0.15, -0.1) is 11.3 Å². The van der Waals surface area contributed by atoms with Crippen LogP contribution < -0.4 is 25.4 Å². The molecule has 14 heteroatoms. The molecule has 2 fully saturated rings. The Balaban J connectivity index is 1.49. The molecule has 3 aliphatic rings. The lowest BCUT2D eigenvalue weighted by Crippen LogP contribution is -2.49. The lowest BCUT2D eigenvalue weighted by atomic mass is 9.96. The monoisotopic (exact) mass is 655 g/mol. The number of aliphatic hydroxyl groups is 1. The lowest BCUT2D eigenvalue weighted by molar-refractivity contribution is 0.110. The van der Waals surface area contributed by atoms with Crippen molar-refractivity contribution < 1.29 is 23.4 Å². The minimum absolute atomic E-state index is 0.0219. The van der Waals surface area contributed by atoms with Crippen molar-refractivity contribution >= 4 is 54.7 Å². The third kappa shape index (κ3) is 5.18. The molecular formula is C31H32ClF2N7O3S. The van der Waals surface area contributed by atoms with Crippen LogP contribution in [0.5, 0.6) is 11.8 Å². The van der Waals surface area contributed by atoms with E-state index in [1.54, 1.807) is 0 Å². The molecule has 4 N–H and O–H groups in total. The molecule has 7 rings (SSSR count). The zero-order valence-corrected chi connectivity index (χ0v) is 26.1. The number of nitrogens with two attached hydrogens (primary N) is 1. The number of rotatable bonds is 7. The minimum Gasteiger partial charge on any atom is -0.486 e. The van der Waals surface area contributed by atoms with E-state index >= 15 is 4.39 Å². The van der Waals surface area contributed by atoms with E-state index in [1.165, 1.54) is 12.1 Å². The second-order valence-electron chi connectivity index (χ2n) is 11.9. The smallest absolute Gasteiger partial charge is 0.319 e. The molecular weight excluding hydrogens is 624 g/mol. The number of fused-ring (bicyclic) bond motifs is 1. The summed E-state index contributed by atoms with van der Waals surface area (Å²) in [6.07, 6.45) is 1.84. The van der Waals surface area contributed by atoms with E-state index in [0.29, 0.717) is 37.9 Å². The van der Waals surface area contributed by atoms with Crippen molar-refractivity contribution in [2.75, 3.05) is 63.6 Å². The molecule has 236 valence electrons. The first-order valence-electron chi connectivity index (χ1n) is 15.0. The molecule has 2 atom stereocenters. The summed E-state index contributed by atoms with van der Waals surface area (Å²) in [6.45, 7) is 3.83. The van der Waals surface area contributed by atoms with Gasteiger partial charge in [0.05, 0.1) is 27.3 Å². The second kappa shape index (κ2) is 12.0. The van der Waals surface area contributed by atoms with Gasteiger partial charge in [0.1, 0.15) is 40.9 Å². The Morgan fingerprint density at radius 1 is 1.24 bits per heavy atom. The van der Waals surface area contributed by atoms with Crippen LogP contribution in [0.15, 0.2) is 12.1 Å². The maximum atomic E-state index is 17.1. The van der Waals surface area contributed by atoms with E-state index in [0.717, 1.165) is 43.8 Å². The van der Waals surface area contributed by atoms with Gasteiger partial charge in [0, 0.05) is 55.5 Å². The summed E-state index contributed by atoms with van der Waals surface area (Å²) < 4.78 is 44.6. The Labute approximate surface area is 267 Å². The number of nitrogen functional groups attached to an aromatic ring is 1. The molecule has 2 aromatic heterocycles. The van der Waals surface area contributed by atoms with Crippen LogP contribution in [0.4, 0.5) is 19.6 Å². The Kier molecular flexibility index (Phi) is 8.03. The Hall–Kier alpha value is -3.54. The van der Waals surface area contributed by atoms with Crippen molar-refractivity contribution in [2.45, 2.75) is 31.4 Å². The number of hydrogen-bond acceptors (Lipinski definition) is 11. The maximum Gasteiger partial charge on any atom is 0.319 e. The van der Waals surface area contributed by atoms with Gasteiger partial charge in [0.15, 0.2) is 11.6 Å². The molecule has 0 radical (unpaired) electrons. The summed E-state index contributed by atoms with van der Waals surface area (Å²) in [6, 6.07) is 4.81. The lowest BCUT2D eigenvalue weighted by Gasteiger charge is -2.36. The highest BCUT2D eigenvalue weighted by Crippen LogP contribution is 2.51. The number of nitrogens with one attached hydrogen (secondary N) is 1. The molecule has 0 amide bonds. The number of halogens is 3. The third-order valence-corrected chi connectivity index (χ3v) is 10.5. The van der Waals surface area contributed by atoms with Gasteiger partial charge in [-0.1, -0.05) is 17.7 Å². The number of ether oxygens (including phenoxy) is 2. The summed E-state index contributed by atoms with van der Waals surface area (Å²) in [5, 5.41) is 23.9. The number of likely N-dealkylation sites (tertiary alicyclic amines) is 1. The van der Waals surface area contributed by atoms with Gasteiger partial charge in [0.25, 0.3) is 0 Å². The fourth-order valence-corrected chi connectivity index (χ4v) is 7.74. The van der Waals surface area contributed by atoms with Crippen LogP contribution in [-0.2, 0) is 0 Å². The normalized spacial score (nSPS) is 20.6. The van der Waals surface area contributed by atoms with Crippen molar-refractivity contribution in [3.8, 4) is 29.0 Å². The average Bonchev–Trinajstić information content (AvgIpc) is 3.57. The molecule has 3 aliphatic heterocycles. The predicted octanol–water partition coefficient (Wildman–Crippen LogP) is 4.54. The zero-order chi connectivity index (χ0) is 31.4. The highest BCUT2D eigenvalue weighted by atomic mass is 35.5. The molecule has 4 aromatic rings. The molecule has 10 nitrogen and oxygen atoms in total. The molecule has 0 spiro atoms. The van der Waals surface area contributed by atoms with Gasteiger partial charge >= 0.3 is 6.01 Å². The number of benzene rings is 2. The minimum atomic E-state index is -0.790. The van der Waals surface area contributed by atoms with E-state index < -0.39 is 17.7 Å². The van der Waals surface area contributed by atoms with Crippen molar-refractivity contribution in [1.29, 1.82) is 5.26 Å². The molecule has 2 saturated heterocycles. The van der Waals surface area contributed by atoms with E-state index in [9.17, 15) is 14.8 Å². The number of anilines is 2. The van der Waals surface area contributed by atoms with E-state index in [1.807, 2.05) is 13.1 Å².